The van der Waals surface area contributed by atoms with Crippen molar-refractivity contribution in [3.05, 3.63) is 23.7 Å². The minimum absolute atomic E-state index is 0.0575. The fraction of sp³-hybridized carbons (Fsp3) is 0.500. The topological polar surface area (TPSA) is 73.8 Å². The van der Waals surface area contributed by atoms with Gasteiger partial charge in [-0.15, -0.1) is 11.6 Å². The second kappa shape index (κ2) is 5.79. The van der Waals surface area contributed by atoms with E-state index in [9.17, 15) is 4.79 Å². The molecule has 0 aliphatic carbocycles. The molecule has 6 heteroatoms. The van der Waals surface area contributed by atoms with Crippen LogP contribution >= 0.6 is 11.6 Å². The summed E-state index contributed by atoms with van der Waals surface area (Å²) in [5.41, 5.74) is 8.06. The lowest BCUT2D eigenvalue weighted by Crippen LogP contribution is -2.31. The van der Waals surface area contributed by atoms with E-state index in [4.69, 9.17) is 17.3 Å². The number of aromatic nitrogens is 3. The predicted molar refractivity (Wildman–Crippen MR) is 79.8 cm³/mol. The Kier molecular flexibility index (Phi) is 4.28. The molecule has 2 aromatic rings. The Morgan fingerprint density at radius 3 is 2.75 bits per heavy atom. The van der Waals surface area contributed by atoms with Gasteiger partial charge in [-0.2, -0.15) is 0 Å². The van der Waals surface area contributed by atoms with Crippen molar-refractivity contribution >= 4 is 28.7 Å². The van der Waals surface area contributed by atoms with E-state index >= 15 is 0 Å². The first-order chi connectivity index (χ1) is 9.45. The lowest BCUT2D eigenvalue weighted by molar-refractivity contribution is -0.122. The normalized spacial score (nSPS) is 13.1. The number of nitrogens with two attached hydrogens (primary N) is 1. The molecule has 0 aliphatic rings. The Morgan fingerprint density at radius 1 is 1.50 bits per heavy atom. The number of carbonyl (C=O) groups is 1. The third kappa shape index (κ3) is 2.63. The quantitative estimate of drug-likeness (QED) is 0.859. The molecule has 0 aromatic carbocycles. The summed E-state index contributed by atoms with van der Waals surface area (Å²) in [6.45, 7) is 5.88. The van der Waals surface area contributed by atoms with Gasteiger partial charge in [-0.05, 0) is 24.5 Å². The van der Waals surface area contributed by atoms with Gasteiger partial charge in [0.05, 0.1) is 0 Å². The first kappa shape index (κ1) is 14.8. The summed E-state index contributed by atoms with van der Waals surface area (Å²) in [5, 5.41) is 0. The SMILES string of the molecule is Cc1cnc2c(c1)nc(CCCl)n2C(C(N)=O)C(C)C. The lowest BCUT2D eigenvalue weighted by Gasteiger charge is -2.21. The van der Waals surface area contributed by atoms with Crippen LogP contribution in [0, 0.1) is 12.8 Å². The molecule has 5 nitrogen and oxygen atoms in total. The molecule has 0 saturated heterocycles. The van der Waals surface area contributed by atoms with E-state index < -0.39 is 6.04 Å². The van der Waals surface area contributed by atoms with Gasteiger partial charge >= 0.3 is 0 Å². The summed E-state index contributed by atoms with van der Waals surface area (Å²) in [5.74, 6) is 0.872. The molecule has 0 spiro atoms. The number of alkyl halides is 1. The highest BCUT2D eigenvalue weighted by Crippen LogP contribution is 2.26. The maximum atomic E-state index is 11.8. The maximum Gasteiger partial charge on any atom is 0.240 e. The van der Waals surface area contributed by atoms with Crippen molar-refractivity contribution in [3.8, 4) is 0 Å². The number of imidazole rings is 1. The molecular weight excluding hydrogens is 276 g/mol. The molecule has 20 heavy (non-hydrogen) atoms. The van der Waals surface area contributed by atoms with Crippen molar-refractivity contribution in [2.75, 3.05) is 5.88 Å². The molecule has 0 saturated carbocycles. The molecule has 1 amide bonds. The number of aryl methyl sites for hydroxylation is 2. The van der Waals surface area contributed by atoms with Crippen LogP contribution in [0.25, 0.3) is 11.2 Å². The van der Waals surface area contributed by atoms with Crippen molar-refractivity contribution in [2.24, 2.45) is 11.7 Å². The number of amides is 1. The Balaban J connectivity index is 2.70. The number of fused-ring (bicyclic) bond motifs is 1. The van der Waals surface area contributed by atoms with Crippen LogP contribution in [0.4, 0.5) is 0 Å². The van der Waals surface area contributed by atoms with E-state index in [-0.39, 0.29) is 11.8 Å². The highest BCUT2D eigenvalue weighted by molar-refractivity contribution is 6.17. The van der Waals surface area contributed by atoms with Gasteiger partial charge in [-0.3, -0.25) is 9.36 Å². The average molecular weight is 295 g/mol. The van der Waals surface area contributed by atoms with E-state index in [0.29, 0.717) is 17.9 Å². The fourth-order valence-corrected chi connectivity index (χ4v) is 2.61. The molecule has 0 bridgehead atoms. The molecule has 1 atom stereocenters. The molecule has 0 fully saturated rings. The van der Waals surface area contributed by atoms with Gasteiger partial charge in [0.15, 0.2) is 5.65 Å². The monoisotopic (exact) mass is 294 g/mol. The van der Waals surface area contributed by atoms with Gasteiger partial charge in [0.2, 0.25) is 5.91 Å². The van der Waals surface area contributed by atoms with E-state index in [1.807, 2.05) is 31.4 Å². The van der Waals surface area contributed by atoms with Gasteiger partial charge in [-0.1, -0.05) is 13.8 Å². The van der Waals surface area contributed by atoms with Crippen LogP contribution in [0.1, 0.15) is 31.3 Å². The first-order valence-electron chi connectivity index (χ1n) is 6.64. The van der Waals surface area contributed by atoms with Crippen LogP contribution in [0.3, 0.4) is 0 Å². The van der Waals surface area contributed by atoms with E-state index in [1.54, 1.807) is 6.20 Å². The van der Waals surface area contributed by atoms with Crippen LogP contribution in [0.2, 0.25) is 0 Å². The van der Waals surface area contributed by atoms with Crippen molar-refractivity contribution in [1.29, 1.82) is 0 Å². The van der Waals surface area contributed by atoms with E-state index in [0.717, 1.165) is 16.9 Å². The lowest BCUT2D eigenvalue weighted by atomic mass is 10.0. The zero-order chi connectivity index (χ0) is 14.9. The fourth-order valence-electron chi connectivity index (χ4n) is 2.44. The van der Waals surface area contributed by atoms with Crippen LogP contribution in [-0.4, -0.2) is 26.3 Å². The van der Waals surface area contributed by atoms with Gasteiger partial charge < -0.3 is 5.73 Å². The van der Waals surface area contributed by atoms with Gasteiger partial charge in [0.25, 0.3) is 0 Å². The zero-order valence-electron chi connectivity index (χ0n) is 11.9. The molecule has 2 aromatic heterocycles. The molecule has 2 heterocycles. The summed E-state index contributed by atoms with van der Waals surface area (Å²) in [7, 11) is 0. The van der Waals surface area contributed by atoms with Crippen LogP contribution in [0.15, 0.2) is 12.3 Å². The second-order valence-corrected chi connectivity index (χ2v) is 5.66. The Morgan fingerprint density at radius 2 is 2.20 bits per heavy atom. The largest absolute Gasteiger partial charge is 0.368 e. The summed E-state index contributed by atoms with van der Waals surface area (Å²) >= 11 is 5.84. The number of hydrogen-bond acceptors (Lipinski definition) is 3. The standard InChI is InChI=1S/C14H19ClN4O/c1-8(2)12(13(16)20)19-11(4-5-15)18-10-6-9(3)7-17-14(10)19/h6-8,12H,4-5H2,1-3H3,(H2,16,20). The molecule has 2 rings (SSSR count). The highest BCUT2D eigenvalue weighted by atomic mass is 35.5. The van der Waals surface area contributed by atoms with Gasteiger partial charge in [0, 0.05) is 18.5 Å². The third-order valence-corrected chi connectivity index (χ3v) is 3.45. The molecule has 2 N–H and O–H groups in total. The van der Waals surface area contributed by atoms with Crippen molar-refractivity contribution in [2.45, 2.75) is 33.2 Å². The van der Waals surface area contributed by atoms with Crippen molar-refractivity contribution < 1.29 is 4.79 Å². The van der Waals surface area contributed by atoms with Crippen molar-refractivity contribution in [3.63, 3.8) is 0 Å². The zero-order valence-corrected chi connectivity index (χ0v) is 12.7. The summed E-state index contributed by atoms with van der Waals surface area (Å²) in [4.78, 5) is 20.8. The molecule has 1 unspecified atom stereocenters. The van der Waals surface area contributed by atoms with E-state index in [1.165, 1.54) is 0 Å². The molecular formula is C14H19ClN4O. The highest BCUT2D eigenvalue weighted by Gasteiger charge is 2.27. The summed E-state index contributed by atoms with van der Waals surface area (Å²) in [6.07, 6.45) is 2.34. The average Bonchev–Trinajstić information content (AvgIpc) is 2.67. The van der Waals surface area contributed by atoms with E-state index in [2.05, 4.69) is 9.97 Å². The number of carbonyl (C=O) groups excluding carboxylic acids is 1. The second-order valence-electron chi connectivity index (χ2n) is 5.28. The third-order valence-electron chi connectivity index (χ3n) is 3.26. The minimum atomic E-state index is -0.464. The number of primary amides is 1. The summed E-state index contributed by atoms with van der Waals surface area (Å²) in [6, 6.07) is 1.49. The molecule has 0 radical (unpaired) electrons. The van der Waals surface area contributed by atoms with Crippen molar-refractivity contribution in [1.82, 2.24) is 14.5 Å². The van der Waals surface area contributed by atoms with Gasteiger partial charge in [-0.25, -0.2) is 9.97 Å². The first-order valence-corrected chi connectivity index (χ1v) is 7.18. The number of rotatable bonds is 5. The van der Waals surface area contributed by atoms with Crippen LogP contribution < -0.4 is 5.73 Å². The number of halogens is 1. The Hall–Kier alpha value is -1.62. The Labute approximate surface area is 123 Å². The molecule has 0 aliphatic heterocycles. The molecule has 108 valence electrons. The number of nitrogens with zero attached hydrogens (tertiary/aromatic N) is 3. The Bertz CT molecular complexity index is 635. The van der Waals surface area contributed by atoms with Crippen LogP contribution in [0.5, 0.6) is 0 Å². The summed E-state index contributed by atoms with van der Waals surface area (Å²) < 4.78 is 1.84. The minimum Gasteiger partial charge on any atom is -0.368 e. The number of hydrogen-bond donors (Lipinski definition) is 1. The van der Waals surface area contributed by atoms with Gasteiger partial charge in [0.1, 0.15) is 17.4 Å². The van der Waals surface area contributed by atoms with Crippen LogP contribution in [-0.2, 0) is 11.2 Å². The number of pyridine rings is 1. The smallest absolute Gasteiger partial charge is 0.240 e. The maximum absolute atomic E-state index is 11.8. The predicted octanol–water partition coefficient (Wildman–Crippen LogP) is 2.20.